The van der Waals surface area contributed by atoms with Gasteiger partial charge in [0.2, 0.25) is 0 Å². The highest BCUT2D eigenvalue weighted by atomic mass is 32.1. The molecule has 29 heavy (non-hydrogen) atoms. The van der Waals surface area contributed by atoms with Crippen LogP contribution < -0.4 is 0 Å². The number of amides is 2. The van der Waals surface area contributed by atoms with Gasteiger partial charge in [0.1, 0.15) is 17.3 Å². The van der Waals surface area contributed by atoms with Crippen molar-refractivity contribution in [2.45, 2.75) is 52.0 Å². The first-order valence-electron chi connectivity index (χ1n) is 9.85. The molecule has 2 aromatic heterocycles. The zero-order chi connectivity index (χ0) is 20.8. The van der Waals surface area contributed by atoms with Gasteiger partial charge >= 0.3 is 0 Å². The minimum Gasteiger partial charge on any atom is -0.359 e. The molecule has 0 atom stereocenters. The van der Waals surface area contributed by atoms with Crippen molar-refractivity contribution < 1.29 is 14.3 Å². The van der Waals surface area contributed by atoms with Crippen LogP contribution in [0.2, 0.25) is 0 Å². The Hall–Kier alpha value is -1.84. The molecule has 156 valence electrons. The highest BCUT2D eigenvalue weighted by Gasteiger charge is 2.38. The molecule has 4 rings (SSSR count). The molecule has 2 saturated heterocycles. The van der Waals surface area contributed by atoms with Gasteiger partial charge in [-0.05, 0) is 40.5 Å². The van der Waals surface area contributed by atoms with Gasteiger partial charge < -0.3 is 14.5 Å². The predicted molar refractivity (Wildman–Crippen MR) is 113 cm³/mol. The lowest BCUT2D eigenvalue weighted by atomic mass is 9.97. The van der Waals surface area contributed by atoms with Crippen LogP contribution in [-0.2, 0) is 4.74 Å². The lowest BCUT2D eigenvalue weighted by molar-refractivity contribution is 0.0600. The van der Waals surface area contributed by atoms with E-state index in [1.807, 2.05) is 38.0 Å². The third kappa shape index (κ3) is 3.95. The molecule has 0 aromatic carbocycles. The van der Waals surface area contributed by atoms with Crippen LogP contribution in [0.5, 0.6) is 0 Å². The van der Waals surface area contributed by atoms with Crippen LogP contribution in [0.3, 0.4) is 0 Å². The molecule has 0 unspecified atom stereocenters. The Bertz CT molecular complexity index is 928. The van der Waals surface area contributed by atoms with Gasteiger partial charge in [-0.2, -0.15) is 0 Å². The summed E-state index contributed by atoms with van der Waals surface area (Å²) in [7, 11) is 0. The fourth-order valence-electron chi connectivity index (χ4n) is 3.89. The van der Waals surface area contributed by atoms with Crippen LogP contribution in [0.4, 0.5) is 0 Å². The van der Waals surface area contributed by atoms with Gasteiger partial charge in [-0.3, -0.25) is 9.59 Å². The van der Waals surface area contributed by atoms with E-state index in [2.05, 4.69) is 9.97 Å². The van der Waals surface area contributed by atoms with Gasteiger partial charge in [0.05, 0.1) is 27.9 Å². The minimum atomic E-state index is -0.306. The Kier molecular flexibility index (Phi) is 5.48. The normalized spacial score (nSPS) is 19.7. The number of aryl methyl sites for hydroxylation is 2. The number of nitrogens with zero attached hydrogens (tertiary/aromatic N) is 4. The molecular weight excluding hydrogens is 408 g/mol. The number of hydrogen-bond acceptors (Lipinski definition) is 7. The Balaban J connectivity index is 1.39. The second kappa shape index (κ2) is 7.77. The summed E-state index contributed by atoms with van der Waals surface area (Å²) in [5.74, 6) is 0.300. The topological polar surface area (TPSA) is 75.6 Å². The van der Waals surface area contributed by atoms with Gasteiger partial charge in [-0.15, -0.1) is 22.7 Å². The number of piperidine rings is 1. The summed E-state index contributed by atoms with van der Waals surface area (Å²) in [4.78, 5) is 39.1. The summed E-state index contributed by atoms with van der Waals surface area (Å²) in [6.45, 7) is 10.1. The molecule has 0 bridgehead atoms. The molecule has 9 heteroatoms. The lowest BCUT2D eigenvalue weighted by Crippen LogP contribution is -2.44. The monoisotopic (exact) mass is 434 g/mol. The minimum absolute atomic E-state index is 0.0707. The molecule has 0 N–H and O–H groups in total. The first-order valence-corrected chi connectivity index (χ1v) is 11.5. The molecular formula is C20H26N4O3S2. The summed E-state index contributed by atoms with van der Waals surface area (Å²) in [5.41, 5.74) is 1.01. The van der Waals surface area contributed by atoms with Gasteiger partial charge in [0, 0.05) is 24.4 Å². The van der Waals surface area contributed by atoms with Crippen molar-refractivity contribution >= 4 is 34.5 Å². The average Bonchev–Trinajstić information content (AvgIpc) is 3.39. The Morgan fingerprint density at radius 1 is 1.17 bits per heavy atom. The zero-order valence-corrected chi connectivity index (χ0v) is 18.9. The SMILES string of the molecule is Cc1nc(C)c(C(=O)N2CCC(c3nc(C(=O)N4COCC4(C)C)cs3)CC2)s1. The van der Waals surface area contributed by atoms with Gasteiger partial charge in [0.15, 0.2) is 0 Å². The van der Waals surface area contributed by atoms with E-state index >= 15 is 0 Å². The third-order valence-corrected chi connectivity index (χ3v) is 7.69. The number of hydrogen-bond donors (Lipinski definition) is 0. The second-order valence-electron chi connectivity index (χ2n) is 8.31. The number of carbonyl (C=O) groups excluding carboxylic acids is 2. The average molecular weight is 435 g/mol. The van der Waals surface area contributed by atoms with Crippen LogP contribution >= 0.6 is 22.7 Å². The van der Waals surface area contributed by atoms with E-state index in [1.54, 1.807) is 16.2 Å². The van der Waals surface area contributed by atoms with E-state index in [4.69, 9.17) is 4.74 Å². The van der Waals surface area contributed by atoms with E-state index < -0.39 is 0 Å². The Morgan fingerprint density at radius 2 is 1.90 bits per heavy atom. The second-order valence-corrected chi connectivity index (χ2v) is 10.4. The fourth-order valence-corrected chi connectivity index (χ4v) is 5.74. The van der Waals surface area contributed by atoms with Crippen molar-refractivity contribution in [1.29, 1.82) is 0 Å². The maximum atomic E-state index is 12.8. The van der Waals surface area contributed by atoms with Gasteiger partial charge in [-0.25, -0.2) is 9.97 Å². The van der Waals surface area contributed by atoms with Crippen molar-refractivity contribution in [3.63, 3.8) is 0 Å². The van der Waals surface area contributed by atoms with E-state index in [0.29, 0.717) is 32.1 Å². The van der Waals surface area contributed by atoms with Crippen LogP contribution in [0, 0.1) is 13.8 Å². The summed E-state index contributed by atoms with van der Waals surface area (Å²) in [6, 6.07) is 0. The lowest BCUT2D eigenvalue weighted by Gasteiger charge is -2.31. The maximum Gasteiger partial charge on any atom is 0.275 e. The van der Waals surface area contributed by atoms with E-state index in [-0.39, 0.29) is 23.3 Å². The molecule has 0 radical (unpaired) electrons. The molecule has 0 aliphatic carbocycles. The molecule has 2 aliphatic heterocycles. The zero-order valence-electron chi connectivity index (χ0n) is 17.2. The number of thiazole rings is 2. The summed E-state index contributed by atoms with van der Waals surface area (Å²) < 4.78 is 5.46. The molecule has 7 nitrogen and oxygen atoms in total. The molecule has 0 saturated carbocycles. The number of likely N-dealkylation sites (tertiary alicyclic amines) is 1. The highest BCUT2D eigenvalue weighted by Crippen LogP contribution is 2.32. The summed E-state index contributed by atoms with van der Waals surface area (Å²) in [5, 5.41) is 3.77. The van der Waals surface area contributed by atoms with E-state index in [1.165, 1.54) is 11.3 Å². The van der Waals surface area contributed by atoms with Crippen LogP contribution in [-0.4, -0.2) is 63.5 Å². The Morgan fingerprint density at radius 3 is 2.48 bits per heavy atom. The maximum absolute atomic E-state index is 12.8. The van der Waals surface area contributed by atoms with Crippen molar-refractivity contribution in [1.82, 2.24) is 19.8 Å². The molecule has 4 heterocycles. The van der Waals surface area contributed by atoms with Crippen LogP contribution in [0.1, 0.15) is 68.5 Å². The molecule has 2 fully saturated rings. The smallest absolute Gasteiger partial charge is 0.275 e. The van der Waals surface area contributed by atoms with Gasteiger partial charge in [0.25, 0.3) is 11.8 Å². The first-order chi connectivity index (χ1) is 13.8. The van der Waals surface area contributed by atoms with E-state index in [0.717, 1.165) is 33.4 Å². The van der Waals surface area contributed by atoms with E-state index in [9.17, 15) is 9.59 Å². The van der Waals surface area contributed by atoms with Crippen LogP contribution in [0.25, 0.3) is 0 Å². The van der Waals surface area contributed by atoms with Gasteiger partial charge in [-0.1, -0.05) is 0 Å². The van der Waals surface area contributed by atoms with Crippen molar-refractivity contribution in [3.05, 3.63) is 31.7 Å². The number of aromatic nitrogens is 2. The summed E-state index contributed by atoms with van der Waals surface area (Å²) in [6.07, 6.45) is 1.73. The van der Waals surface area contributed by atoms with Crippen molar-refractivity contribution in [2.75, 3.05) is 26.4 Å². The largest absolute Gasteiger partial charge is 0.359 e. The number of ether oxygens (including phenoxy) is 1. The first kappa shape index (κ1) is 20.4. The quantitative estimate of drug-likeness (QED) is 0.740. The standard InChI is InChI=1S/C20H26N4O3S2/c1-12-16(29-13(2)21-12)19(26)23-7-5-14(6-8-23)17-22-15(9-28-17)18(25)24-11-27-10-20(24,3)4/h9,14H,5-8,10-11H2,1-4H3. The van der Waals surface area contributed by atoms with Crippen LogP contribution in [0.15, 0.2) is 5.38 Å². The number of rotatable bonds is 3. The third-order valence-electron chi connectivity index (χ3n) is 5.62. The van der Waals surface area contributed by atoms with Crippen molar-refractivity contribution in [2.24, 2.45) is 0 Å². The molecule has 2 amide bonds. The molecule has 2 aromatic rings. The summed E-state index contributed by atoms with van der Waals surface area (Å²) >= 11 is 3.01. The number of carbonyl (C=O) groups is 2. The molecule has 0 spiro atoms. The van der Waals surface area contributed by atoms with Crippen molar-refractivity contribution in [3.8, 4) is 0 Å². The fraction of sp³-hybridized carbons (Fsp3) is 0.600. The molecule has 2 aliphatic rings. The predicted octanol–water partition coefficient (Wildman–Crippen LogP) is 3.44. The Labute approximate surface area is 178 Å². The highest BCUT2D eigenvalue weighted by molar-refractivity contribution is 7.13.